The summed E-state index contributed by atoms with van der Waals surface area (Å²) in [5, 5.41) is 6.15. The Balaban J connectivity index is 1.47. The molecule has 0 radical (unpaired) electrons. The Bertz CT molecular complexity index is 436. The van der Waals surface area contributed by atoms with Gasteiger partial charge in [-0.3, -0.25) is 4.79 Å². The zero-order valence-corrected chi connectivity index (χ0v) is 11.0. The standard InChI is InChI=1S/C15H20N2O2/c18-15(17-9-12-7-16-8-12)13-3-5-14(6-4-13)19-10-11-1-2-11/h3-6,11-12,16H,1-2,7-10H2,(H,17,18). The van der Waals surface area contributed by atoms with Crippen molar-refractivity contribution in [2.75, 3.05) is 26.2 Å². The molecular formula is C15H20N2O2. The lowest BCUT2D eigenvalue weighted by atomic mass is 10.0. The smallest absolute Gasteiger partial charge is 0.251 e. The molecule has 1 amide bonds. The Morgan fingerprint density at radius 3 is 2.53 bits per heavy atom. The molecule has 1 aromatic carbocycles. The SMILES string of the molecule is O=C(NCC1CNC1)c1ccc(OCC2CC2)cc1. The maximum atomic E-state index is 11.9. The number of ether oxygens (including phenoxy) is 1. The van der Waals surface area contributed by atoms with Crippen LogP contribution in [0.5, 0.6) is 5.75 Å². The number of hydrogen-bond acceptors (Lipinski definition) is 3. The molecule has 0 bridgehead atoms. The Labute approximate surface area is 113 Å². The predicted octanol–water partition coefficient (Wildman–Crippen LogP) is 1.42. The molecule has 2 aliphatic rings. The van der Waals surface area contributed by atoms with Crippen LogP contribution in [0.25, 0.3) is 0 Å². The van der Waals surface area contributed by atoms with Crippen LogP contribution in [-0.2, 0) is 0 Å². The molecule has 0 atom stereocenters. The number of carbonyl (C=O) groups is 1. The van der Waals surface area contributed by atoms with Crippen LogP contribution in [0.1, 0.15) is 23.2 Å². The van der Waals surface area contributed by atoms with Crippen molar-refractivity contribution in [3.63, 3.8) is 0 Å². The fourth-order valence-electron chi connectivity index (χ4n) is 2.03. The van der Waals surface area contributed by atoms with Gasteiger partial charge in [-0.25, -0.2) is 0 Å². The molecule has 4 nitrogen and oxygen atoms in total. The quantitative estimate of drug-likeness (QED) is 0.813. The van der Waals surface area contributed by atoms with Crippen LogP contribution in [0.15, 0.2) is 24.3 Å². The molecule has 0 spiro atoms. The van der Waals surface area contributed by atoms with Crippen LogP contribution in [0.4, 0.5) is 0 Å². The first kappa shape index (κ1) is 12.5. The molecule has 0 aromatic heterocycles. The van der Waals surface area contributed by atoms with Crippen LogP contribution in [0.2, 0.25) is 0 Å². The largest absolute Gasteiger partial charge is 0.493 e. The second kappa shape index (κ2) is 5.61. The lowest BCUT2D eigenvalue weighted by Crippen LogP contribution is -2.48. The summed E-state index contributed by atoms with van der Waals surface area (Å²) in [7, 11) is 0. The van der Waals surface area contributed by atoms with E-state index < -0.39 is 0 Å². The van der Waals surface area contributed by atoms with E-state index in [2.05, 4.69) is 10.6 Å². The molecule has 2 N–H and O–H groups in total. The summed E-state index contributed by atoms with van der Waals surface area (Å²) in [6, 6.07) is 7.41. The topological polar surface area (TPSA) is 50.4 Å². The Morgan fingerprint density at radius 2 is 1.95 bits per heavy atom. The monoisotopic (exact) mass is 260 g/mol. The maximum Gasteiger partial charge on any atom is 0.251 e. The molecule has 4 heteroatoms. The van der Waals surface area contributed by atoms with Gasteiger partial charge in [-0.05, 0) is 43.0 Å². The van der Waals surface area contributed by atoms with E-state index in [0.29, 0.717) is 11.5 Å². The van der Waals surface area contributed by atoms with Crippen LogP contribution in [0, 0.1) is 11.8 Å². The van der Waals surface area contributed by atoms with Gasteiger partial charge in [-0.2, -0.15) is 0 Å². The van der Waals surface area contributed by atoms with E-state index >= 15 is 0 Å². The minimum atomic E-state index is 0.000595. The van der Waals surface area contributed by atoms with Crippen LogP contribution < -0.4 is 15.4 Å². The molecule has 2 fully saturated rings. The van der Waals surface area contributed by atoms with Crippen molar-refractivity contribution in [3.8, 4) is 5.75 Å². The van der Waals surface area contributed by atoms with Crippen molar-refractivity contribution in [1.82, 2.24) is 10.6 Å². The van der Waals surface area contributed by atoms with Crippen molar-refractivity contribution in [3.05, 3.63) is 29.8 Å². The zero-order valence-electron chi connectivity index (χ0n) is 11.0. The molecule has 102 valence electrons. The summed E-state index contributed by atoms with van der Waals surface area (Å²) in [5.74, 6) is 2.19. The highest BCUT2D eigenvalue weighted by Gasteiger charge is 2.22. The second-order valence-electron chi connectivity index (χ2n) is 5.51. The highest BCUT2D eigenvalue weighted by Crippen LogP contribution is 2.29. The van der Waals surface area contributed by atoms with Crippen LogP contribution >= 0.6 is 0 Å². The lowest BCUT2D eigenvalue weighted by molar-refractivity contribution is 0.0942. The highest BCUT2D eigenvalue weighted by molar-refractivity contribution is 5.94. The number of rotatable bonds is 6. The van der Waals surface area contributed by atoms with Gasteiger partial charge in [0.05, 0.1) is 6.61 Å². The third kappa shape index (κ3) is 3.47. The number of nitrogens with one attached hydrogen (secondary N) is 2. The Hall–Kier alpha value is -1.55. The first-order valence-electron chi connectivity index (χ1n) is 7.03. The van der Waals surface area contributed by atoms with E-state index in [4.69, 9.17) is 4.74 Å². The maximum absolute atomic E-state index is 11.9. The average Bonchev–Trinajstić information content (AvgIpc) is 3.19. The van der Waals surface area contributed by atoms with E-state index in [1.807, 2.05) is 24.3 Å². The molecule has 1 heterocycles. The van der Waals surface area contributed by atoms with Gasteiger partial charge < -0.3 is 15.4 Å². The predicted molar refractivity (Wildman–Crippen MR) is 73.4 cm³/mol. The Morgan fingerprint density at radius 1 is 1.21 bits per heavy atom. The molecule has 3 rings (SSSR count). The van der Waals surface area contributed by atoms with E-state index in [1.165, 1.54) is 12.8 Å². The van der Waals surface area contributed by atoms with E-state index in [0.717, 1.165) is 37.9 Å². The molecule has 1 aliphatic heterocycles. The van der Waals surface area contributed by atoms with Gasteiger partial charge in [0.1, 0.15) is 5.75 Å². The summed E-state index contributed by atoms with van der Waals surface area (Å²) in [5.41, 5.74) is 0.700. The highest BCUT2D eigenvalue weighted by atomic mass is 16.5. The minimum absolute atomic E-state index is 0.000595. The van der Waals surface area contributed by atoms with Gasteiger partial charge in [0.25, 0.3) is 5.91 Å². The first-order chi connectivity index (χ1) is 9.31. The average molecular weight is 260 g/mol. The molecule has 19 heavy (non-hydrogen) atoms. The molecule has 1 saturated carbocycles. The van der Waals surface area contributed by atoms with E-state index in [9.17, 15) is 4.79 Å². The molecule has 1 saturated heterocycles. The molecule has 1 aromatic rings. The number of hydrogen-bond donors (Lipinski definition) is 2. The van der Waals surface area contributed by atoms with Gasteiger partial charge in [0, 0.05) is 31.1 Å². The summed E-state index contributed by atoms with van der Waals surface area (Å²) < 4.78 is 5.65. The molecular weight excluding hydrogens is 240 g/mol. The summed E-state index contributed by atoms with van der Waals surface area (Å²) in [6.07, 6.45) is 2.58. The normalized spacial score (nSPS) is 18.7. The number of amides is 1. The number of carbonyl (C=O) groups excluding carboxylic acids is 1. The summed E-state index contributed by atoms with van der Waals surface area (Å²) in [6.45, 7) is 3.58. The van der Waals surface area contributed by atoms with Crippen molar-refractivity contribution in [2.45, 2.75) is 12.8 Å². The minimum Gasteiger partial charge on any atom is -0.493 e. The summed E-state index contributed by atoms with van der Waals surface area (Å²) >= 11 is 0. The van der Waals surface area contributed by atoms with Crippen molar-refractivity contribution >= 4 is 5.91 Å². The number of benzene rings is 1. The van der Waals surface area contributed by atoms with E-state index in [-0.39, 0.29) is 5.91 Å². The lowest BCUT2D eigenvalue weighted by Gasteiger charge is -2.27. The summed E-state index contributed by atoms with van der Waals surface area (Å²) in [4.78, 5) is 11.9. The zero-order chi connectivity index (χ0) is 13.1. The van der Waals surface area contributed by atoms with Crippen molar-refractivity contribution in [2.24, 2.45) is 11.8 Å². The van der Waals surface area contributed by atoms with Gasteiger partial charge in [0.15, 0.2) is 0 Å². The van der Waals surface area contributed by atoms with E-state index in [1.54, 1.807) is 0 Å². The molecule has 0 unspecified atom stereocenters. The van der Waals surface area contributed by atoms with Gasteiger partial charge in [-0.15, -0.1) is 0 Å². The van der Waals surface area contributed by atoms with Crippen LogP contribution in [0.3, 0.4) is 0 Å². The third-order valence-electron chi connectivity index (χ3n) is 3.72. The second-order valence-corrected chi connectivity index (χ2v) is 5.51. The first-order valence-corrected chi connectivity index (χ1v) is 7.03. The fraction of sp³-hybridized carbons (Fsp3) is 0.533. The van der Waals surface area contributed by atoms with Crippen molar-refractivity contribution in [1.29, 1.82) is 0 Å². The third-order valence-corrected chi connectivity index (χ3v) is 3.72. The Kier molecular flexibility index (Phi) is 3.69. The van der Waals surface area contributed by atoms with Crippen molar-refractivity contribution < 1.29 is 9.53 Å². The van der Waals surface area contributed by atoms with Gasteiger partial charge in [0.2, 0.25) is 0 Å². The molecule has 1 aliphatic carbocycles. The van der Waals surface area contributed by atoms with Gasteiger partial charge in [-0.1, -0.05) is 0 Å². The van der Waals surface area contributed by atoms with Gasteiger partial charge >= 0.3 is 0 Å². The fourth-order valence-corrected chi connectivity index (χ4v) is 2.03. The van der Waals surface area contributed by atoms with Crippen LogP contribution in [-0.4, -0.2) is 32.1 Å².